The quantitative estimate of drug-likeness (QED) is 0.404. The van der Waals surface area contributed by atoms with Crippen molar-refractivity contribution < 1.29 is 9.53 Å². The van der Waals surface area contributed by atoms with Crippen molar-refractivity contribution in [3.8, 4) is 0 Å². The van der Waals surface area contributed by atoms with Crippen LogP contribution in [0, 0.1) is 0 Å². The highest BCUT2D eigenvalue weighted by atomic mass is 32.1. The predicted molar refractivity (Wildman–Crippen MR) is 66.2 cm³/mol. The maximum absolute atomic E-state index is 11.8. The van der Waals surface area contributed by atoms with E-state index in [4.69, 9.17) is 10.5 Å². The molecule has 7 heteroatoms. The molecular formula is C10H12N4O2S. The second kappa shape index (κ2) is 3.85. The van der Waals surface area contributed by atoms with Crippen molar-refractivity contribution in [2.45, 2.75) is 19.4 Å². The first-order valence-electron chi connectivity index (χ1n) is 4.96. The van der Waals surface area contributed by atoms with Crippen molar-refractivity contribution in [1.82, 2.24) is 10.4 Å². The molecule has 0 spiro atoms. The molecule has 2 rings (SSSR count). The Morgan fingerprint density at radius 2 is 2.29 bits per heavy atom. The first-order chi connectivity index (χ1) is 7.92. The van der Waals surface area contributed by atoms with Gasteiger partial charge in [0.2, 0.25) is 0 Å². The monoisotopic (exact) mass is 252 g/mol. The summed E-state index contributed by atoms with van der Waals surface area (Å²) in [7, 11) is 0. The molecule has 0 aromatic carbocycles. The lowest BCUT2D eigenvalue weighted by Crippen LogP contribution is -2.34. The highest BCUT2D eigenvalue weighted by Gasteiger charge is 2.39. The number of nitrogens with one attached hydrogen (secondary N) is 2. The highest BCUT2D eigenvalue weighted by Crippen LogP contribution is 2.37. The zero-order valence-corrected chi connectivity index (χ0v) is 10.2. The van der Waals surface area contributed by atoms with E-state index in [9.17, 15) is 4.79 Å². The highest BCUT2D eigenvalue weighted by molar-refractivity contribution is 7.80. The van der Waals surface area contributed by atoms with Gasteiger partial charge < -0.3 is 10.5 Å². The molecule has 0 atom stereocenters. The Morgan fingerprint density at radius 3 is 2.94 bits per heavy atom. The van der Waals surface area contributed by atoms with Crippen LogP contribution in [0.15, 0.2) is 12.3 Å². The van der Waals surface area contributed by atoms with Crippen LogP contribution in [-0.4, -0.2) is 16.1 Å². The first-order valence-corrected chi connectivity index (χ1v) is 5.37. The van der Waals surface area contributed by atoms with Crippen molar-refractivity contribution in [1.29, 1.82) is 0 Å². The van der Waals surface area contributed by atoms with Gasteiger partial charge in [0, 0.05) is 11.8 Å². The zero-order valence-electron chi connectivity index (χ0n) is 9.40. The van der Waals surface area contributed by atoms with Gasteiger partial charge in [-0.05, 0) is 32.1 Å². The van der Waals surface area contributed by atoms with E-state index in [2.05, 4.69) is 28.1 Å². The normalized spacial score (nSPS) is 16.0. The standard InChI is InChI=1S/C10H12N4O2S/c1-10(2)5-3-4-12-7(13-14-9(11)17)6(5)8(15)16-10/h3-4H,1-2H3,(H,12,13)(H3,11,14,17). The van der Waals surface area contributed by atoms with E-state index in [0.717, 1.165) is 5.56 Å². The second-order valence-electron chi connectivity index (χ2n) is 4.10. The third-order valence-electron chi connectivity index (χ3n) is 2.46. The van der Waals surface area contributed by atoms with Gasteiger partial charge in [0.15, 0.2) is 10.9 Å². The first kappa shape index (κ1) is 11.6. The number of anilines is 1. The Labute approximate surface area is 104 Å². The van der Waals surface area contributed by atoms with Gasteiger partial charge in [-0.1, -0.05) is 0 Å². The number of aromatic nitrogens is 1. The molecule has 90 valence electrons. The van der Waals surface area contributed by atoms with Crippen LogP contribution in [0.4, 0.5) is 5.82 Å². The maximum Gasteiger partial charge on any atom is 0.343 e. The summed E-state index contributed by atoms with van der Waals surface area (Å²) in [4.78, 5) is 15.8. The number of pyridine rings is 1. The molecule has 17 heavy (non-hydrogen) atoms. The van der Waals surface area contributed by atoms with E-state index >= 15 is 0 Å². The number of ether oxygens (including phenoxy) is 1. The number of nitrogens with two attached hydrogens (primary N) is 1. The van der Waals surface area contributed by atoms with Crippen LogP contribution >= 0.6 is 12.2 Å². The van der Waals surface area contributed by atoms with E-state index in [0.29, 0.717) is 11.4 Å². The molecule has 0 amide bonds. The molecule has 1 aromatic rings. The van der Waals surface area contributed by atoms with Crippen LogP contribution in [-0.2, 0) is 10.3 Å². The van der Waals surface area contributed by atoms with Gasteiger partial charge in [-0.3, -0.25) is 10.9 Å². The van der Waals surface area contributed by atoms with Crippen LogP contribution in [0.2, 0.25) is 0 Å². The fourth-order valence-corrected chi connectivity index (χ4v) is 1.77. The van der Waals surface area contributed by atoms with Crippen molar-refractivity contribution >= 4 is 29.1 Å². The van der Waals surface area contributed by atoms with E-state index in [1.54, 1.807) is 12.3 Å². The molecule has 0 saturated heterocycles. The summed E-state index contributed by atoms with van der Waals surface area (Å²) >= 11 is 4.66. The van der Waals surface area contributed by atoms with Gasteiger partial charge >= 0.3 is 5.97 Å². The minimum absolute atomic E-state index is 0.0648. The predicted octanol–water partition coefficient (Wildman–Crippen LogP) is 0.647. The SMILES string of the molecule is CC1(C)OC(=O)c2c1ccnc2NNC(N)=S. The molecule has 1 aromatic heterocycles. The van der Waals surface area contributed by atoms with Crippen molar-refractivity contribution in [2.75, 3.05) is 5.43 Å². The van der Waals surface area contributed by atoms with E-state index in [1.165, 1.54) is 0 Å². The second-order valence-corrected chi connectivity index (χ2v) is 4.54. The summed E-state index contributed by atoms with van der Waals surface area (Å²) in [6, 6.07) is 1.76. The fourth-order valence-electron chi connectivity index (χ4n) is 1.72. The minimum atomic E-state index is -0.644. The summed E-state index contributed by atoms with van der Waals surface area (Å²) in [5.41, 5.74) is 11.0. The lowest BCUT2D eigenvalue weighted by molar-refractivity contribution is 0.00958. The number of nitrogens with zero attached hydrogens (tertiary/aromatic N) is 1. The van der Waals surface area contributed by atoms with Crippen LogP contribution in [0.25, 0.3) is 0 Å². The summed E-state index contributed by atoms with van der Waals surface area (Å²) in [5, 5.41) is 0.0648. The lowest BCUT2D eigenvalue weighted by Gasteiger charge is -2.17. The van der Waals surface area contributed by atoms with Gasteiger partial charge in [0.1, 0.15) is 11.2 Å². The molecule has 0 saturated carbocycles. The fraction of sp³-hybridized carbons (Fsp3) is 0.300. The lowest BCUT2D eigenvalue weighted by atomic mass is 9.97. The van der Waals surface area contributed by atoms with E-state index in [1.807, 2.05) is 13.8 Å². The van der Waals surface area contributed by atoms with Crippen LogP contribution < -0.4 is 16.6 Å². The Morgan fingerprint density at radius 1 is 1.59 bits per heavy atom. The molecule has 0 bridgehead atoms. The average molecular weight is 252 g/mol. The number of hydrogen-bond acceptors (Lipinski definition) is 5. The molecule has 1 aliphatic heterocycles. The molecular weight excluding hydrogens is 240 g/mol. The molecule has 0 unspecified atom stereocenters. The number of hydrazine groups is 1. The average Bonchev–Trinajstić information content (AvgIpc) is 2.47. The third kappa shape index (κ3) is 2.01. The Hall–Kier alpha value is -1.89. The molecule has 0 aliphatic carbocycles. The van der Waals surface area contributed by atoms with E-state index in [-0.39, 0.29) is 5.11 Å². The number of hydrogen-bond donors (Lipinski definition) is 3. The van der Waals surface area contributed by atoms with Crippen molar-refractivity contribution in [3.05, 3.63) is 23.4 Å². The van der Waals surface area contributed by atoms with Gasteiger partial charge in [-0.2, -0.15) is 0 Å². The number of fused-ring (bicyclic) bond motifs is 1. The number of esters is 1. The van der Waals surface area contributed by atoms with Gasteiger partial charge in [-0.15, -0.1) is 0 Å². The van der Waals surface area contributed by atoms with Crippen molar-refractivity contribution in [3.63, 3.8) is 0 Å². The summed E-state index contributed by atoms with van der Waals surface area (Å²) < 4.78 is 5.26. The van der Waals surface area contributed by atoms with E-state index < -0.39 is 11.6 Å². The number of carbonyl (C=O) groups is 1. The van der Waals surface area contributed by atoms with Gasteiger partial charge in [0.05, 0.1) is 0 Å². The Balaban J connectivity index is 2.41. The molecule has 1 aliphatic rings. The molecule has 2 heterocycles. The minimum Gasteiger partial charge on any atom is -0.451 e. The summed E-state index contributed by atoms with van der Waals surface area (Å²) in [6.07, 6.45) is 1.59. The van der Waals surface area contributed by atoms with Gasteiger partial charge in [-0.25, -0.2) is 9.78 Å². The summed E-state index contributed by atoms with van der Waals surface area (Å²) in [5.74, 6) is -0.0591. The largest absolute Gasteiger partial charge is 0.451 e. The number of carbonyl (C=O) groups excluding carboxylic acids is 1. The molecule has 0 fully saturated rings. The number of thiocarbonyl (C=S) groups is 1. The molecule has 4 N–H and O–H groups in total. The topological polar surface area (TPSA) is 89.3 Å². The van der Waals surface area contributed by atoms with Crippen LogP contribution in [0.5, 0.6) is 0 Å². The van der Waals surface area contributed by atoms with Crippen LogP contribution in [0.3, 0.4) is 0 Å². The maximum atomic E-state index is 11.8. The Kier molecular flexibility index (Phi) is 2.62. The smallest absolute Gasteiger partial charge is 0.343 e. The van der Waals surface area contributed by atoms with Crippen molar-refractivity contribution in [2.24, 2.45) is 5.73 Å². The number of rotatable bonds is 2. The Bertz CT molecular complexity index is 501. The van der Waals surface area contributed by atoms with Crippen LogP contribution in [0.1, 0.15) is 29.8 Å². The summed E-state index contributed by atoms with van der Waals surface area (Å²) in [6.45, 7) is 3.64. The number of cyclic esters (lactones) is 1. The van der Waals surface area contributed by atoms with Gasteiger partial charge in [0.25, 0.3) is 0 Å². The third-order valence-corrected chi connectivity index (χ3v) is 2.56. The zero-order chi connectivity index (χ0) is 12.6. The molecule has 6 nitrogen and oxygen atoms in total. The molecule has 0 radical (unpaired) electrons.